The predicted octanol–water partition coefficient (Wildman–Crippen LogP) is 5.60. The number of carboxylic acids is 1. The monoisotopic (exact) mass is 910 g/mol. The summed E-state index contributed by atoms with van der Waals surface area (Å²) < 4.78 is 27.8. The fourth-order valence-electron chi connectivity index (χ4n) is 7.10. The molecule has 0 bridgehead atoms. The third kappa shape index (κ3) is 19.6. The minimum atomic E-state index is -1.36. The number of amides is 2. The number of rotatable bonds is 21. The van der Waals surface area contributed by atoms with Crippen molar-refractivity contribution < 1.29 is 62.4 Å². The van der Waals surface area contributed by atoms with Gasteiger partial charge in [-0.25, -0.2) is 9.59 Å². The largest absolute Gasteiger partial charge is 0.480 e. The second kappa shape index (κ2) is 23.1. The summed E-state index contributed by atoms with van der Waals surface area (Å²) in [4.78, 5) is 95.0. The highest BCUT2D eigenvalue weighted by atomic mass is 16.6. The first-order valence-electron chi connectivity index (χ1n) is 22.0. The van der Waals surface area contributed by atoms with Crippen molar-refractivity contribution in [1.29, 1.82) is 0 Å². The number of ether oxygens (including phenoxy) is 5. The van der Waals surface area contributed by atoms with Gasteiger partial charge in [0.15, 0.2) is 0 Å². The van der Waals surface area contributed by atoms with Crippen molar-refractivity contribution in [3.05, 3.63) is 59.7 Å². The molecule has 1 aliphatic rings. The number of esters is 4. The molecule has 0 spiro atoms. The van der Waals surface area contributed by atoms with Crippen LogP contribution in [0.5, 0.6) is 0 Å². The van der Waals surface area contributed by atoms with Crippen molar-refractivity contribution in [3.63, 3.8) is 0 Å². The molecule has 0 saturated heterocycles. The van der Waals surface area contributed by atoms with Gasteiger partial charge in [-0.05, 0) is 125 Å². The van der Waals surface area contributed by atoms with Crippen molar-refractivity contribution in [2.24, 2.45) is 0 Å². The summed E-state index contributed by atoms with van der Waals surface area (Å²) in [6.45, 7) is 17.7. The second-order valence-electron chi connectivity index (χ2n) is 20.1. The Bertz CT molecular complexity index is 1890. The fraction of sp³-hybridized carbons (Fsp3) is 0.604. The molecule has 1 unspecified atom stereocenters. The number of carboxylic acid groups (broad SMARTS) is 1. The van der Waals surface area contributed by atoms with Crippen LogP contribution in [0.2, 0.25) is 0 Å². The lowest BCUT2D eigenvalue weighted by Gasteiger charge is -2.35. The molecule has 2 aromatic rings. The van der Waals surface area contributed by atoms with Gasteiger partial charge in [-0.1, -0.05) is 48.5 Å². The summed E-state index contributed by atoms with van der Waals surface area (Å²) in [6.07, 6.45) is -0.379. The molecule has 2 atom stereocenters. The third-order valence-corrected chi connectivity index (χ3v) is 9.38. The number of nitrogens with zero attached hydrogens (tertiary/aromatic N) is 2. The van der Waals surface area contributed by atoms with Crippen LogP contribution in [0.1, 0.15) is 119 Å². The number of hydrogen-bond acceptors (Lipinski definition) is 14. The first kappa shape index (κ1) is 53.8. The van der Waals surface area contributed by atoms with Crippen LogP contribution in [0.3, 0.4) is 0 Å². The summed E-state index contributed by atoms with van der Waals surface area (Å²) in [5.74, 6) is -5.08. The first-order chi connectivity index (χ1) is 30.0. The normalized spacial score (nSPS) is 13.8. The van der Waals surface area contributed by atoms with Gasteiger partial charge < -0.3 is 39.4 Å². The van der Waals surface area contributed by atoms with E-state index in [1.165, 1.54) is 9.80 Å². The molecule has 2 amide bonds. The van der Waals surface area contributed by atoms with Gasteiger partial charge in [0.25, 0.3) is 0 Å². The van der Waals surface area contributed by atoms with Crippen LogP contribution in [0.4, 0.5) is 4.79 Å². The Labute approximate surface area is 383 Å². The Kier molecular flexibility index (Phi) is 19.1. The predicted molar refractivity (Wildman–Crippen MR) is 242 cm³/mol. The van der Waals surface area contributed by atoms with E-state index in [0.717, 1.165) is 22.3 Å². The number of aliphatic carboxylic acids is 1. The van der Waals surface area contributed by atoms with E-state index in [4.69, 9.17) is 23.7 Å². The SMILES string of the molecule is CC(C)(C)OC(=O)CN(CC(=O)OC(C)(C)C)CC(C(=O)NCCCC[C@@H](NC(=O)OCC1c2ccccc2-c2ccccc21)C(=O)O)N(CC(=O)OC(C)(C)C)CC(=O)OC(C)(C)C. The number of carbonyl (C=O) groups excluding carboxylic acids is 6. The van der Waals surface area contributed by atoms with Crippen molar-refractivity contribution in [2.45, 2.75) is 143 Å². The van der Waals surface area contributed by atoms with Gasteiger partial charge in [0, 0.05) is 19.0 Å². The van der Waals surface area contributed by atoms with Gasteiger partial charge in [0.05, 0.1) is 26.2 Å². The van der Waals surface area contributed by atoms with E-state index >= 15 is 0 Å². The number of alkyl carbamates (subject to hydrolysis) is 1. The molecule has 3 rings (SSSR count). The average Bonchev–Trinajstić information content (AvgIpc) is 3.45. The minimum absolute atomic E-state index is 0.00178. The highest BCUT2D eigenvalue weighted by Crippen LogP contribution is 2.44. The maximum absolute atomic E-state index is 14.3. The number of nitrogens with one attached hydrogen (secondary N) is 2. The number of unbranched alkanes of at least 4 members (excludes halogenated alkanes) is 1. The van der Waals surface area contributed by atoms with Gasteiger partial charge in [-0.2, -0.15) is 0 Å². The van der Waals surface area contributed by atoms with E-state index in [9.17, 15) is 38.7 Å². The molecular formula is C48H70N4O13. The van der Waals surface area contributed by atoms with E-state index in [2.05, 4.69) is 10.6 Å². The summed E-state index contributed by atoms with van der Waals surface area (Å²) in [5.41, 5.74) is 0.535. The summed E-state index contributed by atoms with van der Waals surface area (Å²) in [7, 11) is 0. The Morgan fingerprint density at radius 1 is 0.615 bits per heavy atom. The first-order valence-corrected chi connectivity index (χ1v) is 22.0. The Hall–Kier alpha value is -5.55. The van der Waals surface area contributed by atoms with Crippen LogP contribution in [-0.4, -0.2) is 137 Å². The molecule has 0 heterocycles. The zero-order valence-corrected chi connectivity index (χ0v) is 40.2. The highest BCUT2D eigenvalue weighted by Gasteiger charge is 2.36. The average molecular weight is 911 g/mol. The smallest absolute Gasteiger partial charge is 0.407 e. The van der Waals surface area contributed by atoms with Crippen molar-refractivity contribution in [3.8, 4) is 11.1 Å². The van der Waals surface area contributed by atoms with Crippen LogP contribution in [0.15, 0.2) is 48.5 Å². The van der Waals surface area contributed by atoms with Crippen LogP contribution >= 0.6 is 0 Å². The Morgan fingerprint density at radius 3 is 1.45 bits per heavy atom. The molecule has 0 radical (unpaired) electrons. The molecule has 3 N–H and O–H groups in total. The lowest BCUT2D eigenvalue weighted by molar-refractivity contribution is -0.165. The lowest BCUT2D eigenvalue weighted by Crippen LogP contribution is -2.57. The molecule has 0 fully saturated rings. The van der Waals surface area contributed by atoms with E-state index < -0.39 is 103 Å². The maximum atomic E-state index is 14.3. The number of fused-ring (bicyclic) bond motifs is 3. The molecule has 17 nitrogen and oxygen atoms in total. The van der Waals surface area contributed by atoms with Crippen LogP contribution in [0.25, 0.3) is 11.1 Å². The standard InChI is InChI=1S/C48H70N4O13/c1-45(2,3)62-38(53)26-51(27-39(54)63-46(4,5)6)25-37(52(28-40(55)64-47(7,8)9)29-41(56)65-48(10,11)12)42(57)49-24-18-17-23-36(43(58)59)50-44(60)61-30-35-33-21-15-13-19-31(33)32-20-14-16-22-34(32)35/h13-16,19-22,35-37H,17-18,23-30H2,1-12H3,(H,49,57)(H,50,60)(H,58,59)/t36-,37?/m1/s1. The molecule has 0 aliphatic heterocycles. The van der Waals surface area contributed by atoms with Crippen LogP contribution in [0, 0.1) is 0 Å². The van der Waals surface area contributed by atoms with E-state index in [1.807, 2.05) is 48.5 Å². The maximum Gasteiger partial charge on any atom is 0.407 e. The minimum Gasteiger partial charge on any atom is -0.480 e. The van der Waals surface area contributed by atoms with E-state index in [1.54, 1.807) is 83.1 Å². The second-order valence-corrected chi connectivity index (χ2v) is 20.1. The van der Waals surface area contributed by atoms with Crippen LogP contribution < -0.4 is 10.6 Å². The highest BCUT2D eigenvalue weighted by molar-refractivity contribution is 5.85. The van der Waals surface area contributed by atoms with Gasteiger partial charge in [0.1, 0.15) is 41.1 Å². The molecule has 17 heteroatoms. The lowest BCUT2D eigenvalue weighted by atomic mass is 9.98. The Balaban J connectivity index is 1.78. The number of carbonyl (C=O) groups is 7. The molecular weight excluding hydrogens is 841 g/mol. The molecule has 2 aromatic carbocycles. The fourth-order valence-corrected chi connectivity index (χ4v) is 7.10. The molecule has 1 aliphatic carbocycles. The number of benzene rings is 2. The van der Waals surface area contributed by atoms with Gasteiger partial charge in [0.2, 0.25) is 5.91 Å². The summed E-state index contributed by atoms with van der Waals surface area (Å²) >= 11 is 0. The van der Waals surface area contributed by atoms with Gasteiger partial charge in [-0.15, -0.1) is 0 Å². The quantitative estimate of drug-likeness (QED) is 0.0789. The number of hydrogen-bond donors (Lipinski definition) is 3. The topological polar surface area (TPSA) is 216 Å². The van der Waals surface area contributed by atoms with Gasteiger partial charge in [-0.3, -0.25) is 33.8 Å². The molecule has 65 heavy (non-hydrogen) atoms. The zero-order chi connectivity index (χ0) is 48.9. The zero-order valence-electron chi connectivity index (χ0n) is 40.2. The van der Waals surface area contributed by atoms with E-state index in [-0.39, 0.29) is 44.9 Å². The third-order valence-electron chi connectivity index (χ3n) is 9.38. The Morgan fingerprint density at radius 2 is 1.03 bits per heavy atom. The summed E-state index contributed by atoms with van der Waals surface area (Å²) in [6, 6.07) is 13.0. The molecule has 360 valence electrons. The molecule has 0 saturated carbocycles. The summed E-state index contributed by atoms with van der Waals surface area (Å²) in [5, 5.41) is 15.2. The van der Waals surface area contributed by atoms with Crippen molar-refractivity contribution in [2.75, 3.05) is 45.9 Å². The van der Waals surface area contributed by atoms with Crippen molar-refractivity contribution in [1.82, 2.24) is 20.4 Å². The van der Waals surface area contributed by atoms with Crippen molar-refractivity contribution >= 4 is 41.8 Å². The molecule has 0 aromatic heterocycles. The van der Waals surface area contributed by atoms with Crippen LogP contribution in [-0.2, 0) is 52.5 Å². The van der Waals surface area contributed by atoms with E-state index in [0.29, 0.717) is 0 Å². The van der Waals surface area contributed by atoms with Gasteiger partial charge >= 0.3 is 35.9 Å².